The quantitative estimate of drug-likeness (QED) is 0.550. The molecule has 0 aliphatic carbocycles. The summed E-state index contributed by atoms with van der Waals surface area (Å²) in [5.74, 6) is 0.689. The lowest BCUT2D eigenvalue weighted by atomic mass is 10.2. The number of halogens is 1. The Morgan fingerprint density at radius 1 is 1.24 bits per heavy atom. The molecule has 0 unspecified atom stereocenters. The van der Waals surface area contributed by atoms with Gasteiger partial charge in [-0.15, -0.1) is 0 Å². The molecule has 3 rings (SSSR count). The molecule has 0 saturated carbocycles. The molecule has 3 aromatic rings. The molecule has 0 aliphatic rings. The highest BCUT2D eigenvalue weighted by Crippen LogP contribution is 2.22. The number of carbonyl (C=O) groups excluding carboxylic acids is 1. The Kier molecular flexibility index (Phi) is 4.85. The molecule has 0 amide bonds. The number of hydrogen-bond donors (Lipinski definition) is 1. The Morgan fingerprint density at radius 3 is 2.68 bits per heavy atom. The van der Waals surface area contributed by atoms with Crippen LogP contribution in [0.3, 0.4) is 0 Å². The van der Waals surface area contributed by atoms with Crippen LogP contribution < -0.4 is 10.5 Å². The van der Waals surface area contributed by atoms with Gasteiger partial charge in [-0.05, 0) is 42.5 Å². The number of benzene rings is 2. The number of aromatic nitrogens is 2. The van der Waals surface area contributed by atoms with Gasteiger partial charge in [0.2, 0.25) is 5.82 Å². The van der Waals surface area contributed by atoms with E-state index in [-0.39, 0.29) is 23.7 Å². The van der Waals surface area contributed by atoms with Crippen molar-refractivity contribution in [2.24, 2.45) is 0 Å². The van der Waals surface area contributed by atoms with Crippen LogP contribution in [0.1, 0.15) is 16.2 Å². The third kappa shape index (κ3) is 3.89. The molecule has 0 fully saturated rings. The predicted octanol–water partition coefficient (Wildman–Crippen LogP) is 3.34. The van der Waals surface area contributed by atoms with Crippen molar-refractivity contribution in [2.75, 3.05) is 12.8 Å². The lowest BCUT2D eigenvalue weighted by Crippen LogP contribution is -2.08. The second-order valence-corrected chi connectivity index (χ2v) is 5.49. The van der Waals surface area contributed by atoms with Crippen LogP contribution in [0, 0.1) is 0 Å². The summed E-state index contributed by atoms with van der Waals surface area (Å²) >= 11 is 5.80. The van der Waals surface area contributed by atoms with Crippen LogP contribution in [0.5, 0.6) is 5.75 Å². The standard InChI is InChI=1S/C17H14ClN3O4/c1-23-12-5-2-10(3-6-12)16-20-15(21-25-16)9-24-17(22)13-7-4-11(18)8-14(13)19/h2-8H,9,19H2,1H3. The number of nitrogens with zero attached hydrogens (tertiary/aromatic N) is 2. The molecule has 2 N–H and O–H groups in total. The van der Waals surface area contributed by atoms with Crippen molar-refractivity contribution in [3.63, 3.8) is 0 Å². The molecule has 0 bridgehead atoms. The lowest BCUT2D eigenvalue weighted by molar-refractivity contribution is 0.0461. The molecule has 2 aromatic carbocycles. The van der Waals surface area contributed by atoms with E-state index in [1.165, 1.54) is 12.1 Å². The van der Waals surface area contributed by atoms with Gasteiger partial charge in [-0.25, -0.2) is 4.79 Å². The van der Waals surface area contributed by atoms with Crippen LogP contribution in [0.2, 0.25) is 5.02 Å². The molecular formula is C17H14ClN3O4. The van der Waals surface area contributed by atoms with Gasteiger partial charge >= 0.3 is 5.97 Å². The third-order valence-corrected chi connectivity index (χ3v) is 3.61. The molecule has 25 heavy (non-hydrogen) atoms. The fourth-order valence-corrected chi connectivity index (χ4v) is 2.27. The number of ether oxygens (including phenoxy) is 2. The molecule has 8 heteroatoms. The van der Waals surface area contributed by atoms with E-state index in [2.05, 4.69) is 10.1 Å². The molecular weight excluding hydrogens is 346 g/mol. The van der Waals surface area contributed by atoms with E-state index >= 15 is 0 Å². The van der Waals surface area contributed by atoms with Crippen molar-refractivity contribution in [3.05, 3.63) is 58.9 Å². The average Bonchev–Trinajstić information content (AvgIpc) is 3.09. The summed E-state index contributed by atoms with van der Waals surface area (Å²) in [6, 6.07) is 11.7. The van der Waals surface area contributed by atoms with Gasteiger partial charge in [-0.1, -0.05) is 16.8 Å². The highest BCUT2D eigenvalue weighted by atomic mass is 35.5. The Labute approximate surface area is 148 Å². The largest absolute Gasteiger partial charge is 0.497 e. The van der Waals surface area contributed by atoms with Crippen LogP contribution in [-0.2, 0) is 11.3 Å². The lowest BCUT2D eigenvalue weighted by Gasteiger charge is -2.05. The second-order valence-electron chi connectivity index (χ2n) is 5.05. The Morgan fingerprint density at radius 2 is 2.00 bits per heavy atom. The van der Waals surface area contributed by atoms with Crippen molar-refractivity contribution < 1.29 is 18.8 Å². The summed E-state index contributed by atoms with van der Waals surface area (Å²) in [5.41, 5.74) is 6.94. The van der Waals surface area contributed by atoms with E-state index in [1.807, 2.05) is 0 Å². The number of carbonyl (C=O) groups is 1. The number of nitrogens with two attached hydrogens (primary N) is 1. The van der Waals surface area contributed by atoms with E-state index in [1.54, 1.807) is 37.4 Å². The first kappa shape index (κ1) is 16.8. The highest BCUT2D eigenvalue weighted by Gasteiger charge is 2.14. The number of nitrogen functional groups attached to an aromatic ring is 1. The fraction of sp³-hybridized carbons (Fsp3) is 0.118. The van der Waals surface area contributed by atoms with Gasteiger partial charge in [0.05, 0.1) is 12.7 Å². The SMILES string of the molecule is COc1ccc(-c2nc(COC(=O)c3ccc(Cl)cc3N)no2)cc1. The number of methoxy groups -OCH3 is 1. The summed E-state index contributed by atoms with van der Waals surface area (Å²) in [6.07, 6.45) is 0. The summed E-state index contributed by atoms with van der Waals surface area (Å²) in [5, 5.41) is 4.23. The Bertz CT molecular complexity index is 893. The maximum absolute atomic E-state index is 12.1. The first-order valence-electron chi connectivity index (χ1n) is 7.26. The molecule has 0 saturated heterocycles. The summed E-state index contributed by atoms with van der Waals surface area (Å²) in [7, 11) is 1.58. The van der Waals surface area contributed by atoms with Crippen molar-refractivity contribution in [2.45, 2.75) is 6.61 Å². The number of esters is 1. The van der Waals surface area contributed by atoms with Crippen molar-refractivity contribution in [3.8, 4) is 17.2 Å². The van der Waals surface area contributed by atoms with Gasteiger partial charge in [-0.3, -0.25) is 0 Å². The minimum absolute atomic E-state index is 0.138. The summed E-state index contributed by atoms with van der Waals surface area (Å²) in [6.45, 7) is -0.138. The number of hydrogen-bond acceptors (Lipinski definition) is 7. The first-order chi connectivity index (χ1) is 12.1. The second kappa shape index (κ2) is 7.23. The van der Waals surface area contributed by atoms with Crippen molar-refractivity contribution in [1.82, 2.24) is 10.1 Å². The van der Waals surface area contributed by atoms with E-state index in [0.29, 0.717) is 10.9 Å². The normalized spacial score (nSPS) is 10.5. The molecule has 0 atom stereocenters. The van der Waals surface area contributed by atoms with Crippen LogP contribution in [-0.4, -0.2) is 23.2 Å². The highest BCUT2D eigenvalue weighted by molar-refractivity contribution is 6.31. The molecule has 0 spiro atoms. The zero-order valence-electron chi connectivity index (χ0n) is 13.2. The van der Waals surface area contributed by atoms with Gasteiger partial charge in [0.1, 0.15) is 5.75 Å². The van der Waals surface area contributed by atoms with Gasteiger partial charge in [0.15, 0.2) is 6.61 Å². The van der Waals surface area contributed by atoms with Crippen molar-refractivity contribution >= 4 is 23.3 Å². The van der Waals surface area contributed by atoms with E-state index in [9.17, 15) is 4.79 Å². The van der Waals surface area contributed by atoms with Gasteiger partial charge < -0.3 is 19.7 Å². The smallest absolute Gasteiger partial charge is 0.340 e. The average molecular weight is 360 g/mol. The molecule has 1 heterocycles. The van der Waals surface area contributed by atoms with Crippen LogP contribution in [0.4, 0.5) is 5.69 Å². The molecule has 7 nitrogen and oxygen atoms in total. The zero-order valence-corrected chi connectivity index (χ0v) is 14.0. The molecule has 128 valence electrons. The monoisotopic (exact) mass is 359 g/mol. The topological polar surface area (TPSA) is 100 Å². The minimum Gasteiger partial charge on any atom is -0.497 e. The van der Waals surface area contributed by atoms with Crippen LogP contribution >= 0.6 is 11.6 Å². The summed E-state index contributed by atoms with van der Waals surface area (Å²) in [4.78, 5) is 16.2. The summed E-state index contributed by atoms with van der Waals surface area (Å²) < 4.78 is 15.4. The molecule has 0 radical (unpaired) electrons. The van der Waals surface area contributed by atoms with Gasteiger partial charge in [0, 0.05) is 16.3 Å². The zero-order chi connectivity index (χ0) is 17.8. The first-order valence-corrected chi connectivity index (χ1v) is 7.64. The molecule has 1 aromatic heterocycles. The predicted molar refractivity (Wildman–Crippen MR) is 91.3 cm³/mol. The van der Waals surface area contributed by atoms with E-state index in [4.69, 9.17) is 31.3 Å². The van der Waals surface area contributed by atoms with Crippen molar-refractivity contribution in [1.29, 1.82) is 0 Å². The third-order valence-electron chi connectivity index (χ3n) is 3.37. The van der Waals surface area contributed by atoms with E-state index in [0.717, 1.165) is 11.3 Å². The van der Waals surface area contributed by atoms with E-state index < -0.39 is 5.97 Å². The number of anilines is 1. The number of rotatable bonds is 5. The Hall–Kier alpha value is -3.06. The maximum atomic E-state index is 12.1. The Balaban J connectivity index is 1.66. The fourth-order valence-electron chi connectivity index (χ4n) is 2.09. The minimum atomic E-state index is -0.593. The van der Waals surface area contributed by atoms with Crippen LogP contribution in [0.25, 0.3) is 11.5 Å². The van der Waals surface area contributed by atoms with Gasteiger partial charge in [0.25, 0.3) is 5.89 Å². The van der Waals surface area contributed by atoms with Crippen LogP contribution in [0.15, 0.2) is 47.0 Å². The molecule has 0 aliphatic heterocycles. The maximum Gasteiger partial charge on any atom is 0.340 e. The van der Waals surface area contributed by atoms with Gasteiger partial charge in [-0.2, -0.15) is 4.98 Å².